The van der Waals surface area contributed by atoms with Gasteiger partial charge in [-0.2, -0.15) is 0 Å². The van der Waals surface area contributed by atoms with Crippen LogP contribution in [-0.4, -0.2) is 5.78 Å². The molecule has 0 fully saturated rings. The third-order valence-electron chi connectivity index (χ3n) is 7.95. The Labute approximate surface area is 241 Å². The van der Waals surface area contributed by atoms with Gasteiger partial charge in [-0.25, -0.2) is 0 Å². The molecule has 0 rings (SSSR count). The smallest absolute Gasteiger partial charge is 0.129 e. The number of rotatable bonds is 32. The Bertz CT molecular complexity index is 503. The summed E-state index contributed by atoms with van der Waals surface area (Å²) in [6.07, 6.45) is 50.4. The lowest BCUT2D eigenvalue weighted by atomic mass is 10.0. The Morgan fingerprint density at radius 3 is 0.895 bits per heavy atom. The molecule has 224 valence electrons. The number of carbonyl (C=O) groups excluding carboxylic acids is 1. The number of Topliss-reactive ketones (excluding diaryl/α,β-unsaturated/α-hetero) is 1. The van der Waals surface area contributed by atoms with Crippen molar-refractivity contribution in [2.24, 2.45) is 0 Å². The van der Waals surface area contributed by atoms with Gasteiger partial charge >= 0.3 is 0 Å². The van der Waals surface area contributed by atoms with E-state index in [-0.39, 0.29) is 0 Å². The fourth-order valence-electron chi connectivity index (χ4n) is 5.33. The van der Waals surface area contributed by atoms with Crippen LogP contribution in [0.2, 0.25) is 0 Å². The van der Waals surface area contributed by atoms with Crippen LogP contribution in [0.15, 0.2) is 24.3 Å². The van der Waals surface area contributed by atoms with Crippen molar-refractivity contribution in [3.63, 3.8) is 0 Å². The molecule has 0 bridgehead atoms. The van der Waals surface area contributed by atoms with E-state index in [4.69, 9.17) is 0 Å². The van der Waals surface area contributed by atoms with Crippen molar-refractivity contribution in [1.29, 1.82) is 0 Å². The number of allylic oxidation sites excluding steroid dienone is 4. The van der Waals surface area contributed by atoms with Crippen molar-refractivity contribution in [3.05, 3.63) is 24.3 Å². The highest BCUT2D eigenvalue weighted by Crippen LogP contribution is 2.14. The minimum absolute atomic E-state index is 0.346. The monoisotopic (exact) mass is 531 g/mol. The molecule has 38 heavy (non-hydrogen) atoms. The molecular weight excluding hydrogens is 460 g/mol. The van der Waals surface area contributed by atoms with Gasteiger partial charge in [0.05, 0.1) is 0 Å². The summed E-state index contributed by atoms with van der Waals surface area (Å²) in [4.78, 5) is 10.9. The maximum Gasteiger partial charge on any atom is 0.129 e. The predicted molar refractivity (Wildman–Crippen MR) is 173 cm³/mol. The Morgan fingerprint density at radius 2 is 0.605 bits per heavy atom. The molecule has 0 aliphatic heterocycles. The van der Waals surface area contributed by atoms with Gasteiger partial charge in [0.2, 0.25) is 0 Å². The highest BCUT2D eigenvalue weighted by molar-refractivity contribution is 5.75. The van der Waals surface area contributed by atoms with E-state index in [9.17, 15) is 4.79 Å². The molecule has 0 saturated heterocycles. The lowest BCUT2D eigenvalue weighted by Crippen LogP contribution is -1.89. The van der Waals surface area contributed by atoms with Crippen molar-refractivity contribution in [2.45, 2.75) is 206 Å². The number of ketones is 1. The average Bonchev–Trinajstić information content (AvgIpc) is 2.91. The Hall–Kier alpha value is -0.850. The summed E-state index contributed by atoms with van der Waals surface area (Å²) in [6.45, 7) is 4.00. The van der Waals surface area contributed by atoms with Crippen molar-refractivity contribution < 1.29 is 4.79 Å². The van der Waals surface area contributed by atoms with Crippen molar-refractivity contribution >= 4 is 5.78 Å². The summed E-state index contributed by atoms with van der Waals surface area (Å²) < 4.78 is 0. The van der Waals surface area contributed by atoms with Gasteiger partial charge in [-0.15, -0.1) is 0 Å². The minimum Gasteiger partial charge on any atom is -0.300 e. The number of hydrogen-bond donors (Lipinski definition) is 0. The van der Waals surface area contributed by atoms with Gasteiger partial charge in [0.1, 0.15) is 5.78 Å². The van der Waals surface area contributed by atoms with Gasteiger partial charge in [0.15, 0.2) is 0 Å². The first-order chi connectivity index (χ1) is 18.8. The lowest BCUT2D eigenvalue weighted by molar-refractivity contribution is -0.117. The van der Waals surface area contributed by atoms with E-state index in [2.05, 4.69) is 31.2 Å². The zero-order valence-electron chi connectivity index (χ0n) is 26.4. The summed E-state index contributed by atoms with van der Waals surface area (Å²) in [7, 11) is 0. The first-order valence-corrected chi connectivity index (χ1v) is 17.6. The van der Waals surface area contributed by atoms with Gasteiger partial charge in [-0.3, -0.25) is 0 Å². The molecule has 0 heterocycles. The molecule has 0 N–H and O–H groups in total. The molecular formula is C37H70O. The highest BCUT2D eigenvalue weighted by atomic mass is 16.1. The normalized spacial score (nSPS) is 11.8. The topological polar surface area (TPSA) is 17.1 Å². The van der Waals surface area contributed by atoms with E-state index in [0.29, 0.717) is 5.78 Å². The van der Waals surface area contributed by atoms with Crippen molar-refractivity contribution in [1.82, 2.24) is 0 Å². The molecule has 0 aliphatic rings. The SMILES string of the molecule is CCCCCCCCCCCCCCC=CCCCCCC=CCCCCCCCCCCCCC(C)=O. The van der Waals surface area contributed by atoms with Crippen LogP contribution in [-0.2, 0) is 4.79 Å². The maximum atomic E-state index is 10.9. The second-order valence-corrected chi connectivity index (χ2v) is 12.0. The number of carbonyl (C=O) groups is 1. The molecule has 0 spiro atoms. The second kappa shape index (κ2) is 34.2. The zero-order chi connectivity index (χ0) is 27.6. The van der Waals surface area contributed by atoms with E-state index in [0.717, 1.165) is 12.8 Å². The number of unbranched alkanes of at least 4 members (excludes halogenated alkanes) is 26. The predicted octanol–water partition coefficient (Wildman–Crippen LogP) is 13.4. The quantitative estimate of drug-likeness (QED) is 0.0624. The Kier molecular flexibility index (Phi) is 33.4. The van der Waals surface area contributed by atoms with Crippen LogP contribution in [0, 0.1) is 0 Å². The first-order valence-electron chi connectivity index (χ1n) is 17.6. The van der Waals surface area contributed by atoms with Crippen LogP contribution in [0.25, 0.3) is 0 Å². The summed E-state index contributed by atoms with van der Waals surface area (Å²) in [5, 5.41) is 0. The Morgan fingerprint density at radius 1 is 0.368 bits per heavy atom. The molecule has 1 heteroatoms. The molecule has 0 saturated carbocycles. The fourth-order valence-corrected chi connectivity index (χ4v) is 5.33. The molecule has 0 aromatic heterocycles. The van der Waals surface area contributed by atoms with Gasteiger partial charge in [0, 0.05) is 6.42 Å². The van der Waals surface area contributed by atoms with Crippen molar-refractivity contribution in [3.8, 4) is 0 Å². The largest absolute Gasteiger partial charge is 0.300 e. The molecule has 0 amide bonds. The lowest BCUT2D eigenvalue weighted by Gasteiger charge is -2.02. The number of hydrogen-bond acceptors (Lipinski definition) is 1. The van der Waals surface area contributed by atoms with Gasteiger partial charge in [-0.05, 0) is 64.7 Å². The van der Waals surface area contributed by atoms with Crippen molar-refractivity contribution in [2.75, 3.05) is 0 Å². The molecule has 0 atom stereocenters. The van der Waals surface area contributed by atoms with E-state index in [1.807, 2.05) is 0 Å². The van der Waals surface area contributed by atoms with Crippen LogP contribution in [0.4, 0.5) is 0 Å². The first kappa shape index (κ1) is 37.1. The van der Waals surface area contributed by atoms with E-state index in [1.54, 1.807) is 6.92 Å². The third-order valence-corrected chi connectivity index (χ3v) is 7.95. The highest BCUT2D eigenvalue weighted by Gasteiger charge is 1.96. The standard InChI is InChI=1S/C37H70O/c1-3-4-5-6-7-8-9-10-11-12-13-14-15-16-17-18-19-20-21-22-23-24-25-26-27-28-29-30-31-32-33-34-35-36-37(2)38/h16-17,23-24H,3-15,18-22,25-36H2,1-2H3. The molecule has 0 radical (unpaired) electrons. The molecule has 0 aliphatic carbocycles. The van der Waals surface area contributed by atoms with E-state index in [1.165, 1.54) is 180 Å². The van der Waals surface area contributed by atoms with Crippen LogP contribution in [0.5, 0.6) is 0 Å². The fraction of sp³-hybridized carbons (Fsp3) is 0.865. The third kappa shape index (κ3) is 35.2. The molecule has 1 nitrogen and oxygen atoms in total. The summed E-state index contributed by atoms with van der Waals surface area (Å²) in [5.74, 6) is 0.346. The van der Waals surface area contributed by atoms with Crippen LogP contribution in [0.3, 0.4) is 0 Å². The summed E-state index contributed by atoms with van der Waals surface area (Å²) >= 11 is 0. The van der Waals surface area contributed by atoms with Gasteiger partial charge in [0.25, 0.3) is 0 Å². The Balaban J connectivity index is 3.15. The molecule has 0 aromatic carbocycles. The molecule has 0 aromatic rings. The summed E-state index contributed by atoms with van der Waals surface area (Å²) in [6, 6.07) is 0. The van der Waals surface area contributed by atoms with E-state index >= 15 is 0 Å². The van der Waals surface area contributed by atoms with Crippen LogP contribution < -0.4 is 0 Å². The van der Waals surface area contributed by atoms with Crippen LogP contribution in [0.1, 0.15) is 206 Å². The maximum absolute atomic E-state index is 10.9. The van der Waals surface area contributed by atoms with E-state index < -0.39 is 0 Å². The molecule has 0 unspecified atom stereocenters. The van der Waals surface area contributed by atoms with Gasteiger partial charge in [-0.1, -0.05) is 160 Å². The summed E-state index contributed by atoms with van der Waals surface area (Å²) in [5.41, 5.74) is 0. The van der Waals surface area contributed by atoms with Crippen LogP contribution >= 0.6 is 0 Å². The minimum atomic E-state index is 0.346. The second-order valence-electron chi connectivity index (χ2n) is 12.0. The zero-order valence-corrected chi connectivity index (χ0v) is 26.4. The van der Waals surface area contributed by atoms with Gasteiger partial charge < -0.3 is 4.79 Å². The average molecular weight is 531 g/mol.